The van der Waals surface area contributed by atoms with Crippen molar-refractivity contribution in [1.29, 1.82) is 0 Å². The van der Waals surface area contributed by atoms with Gasteiger partial charge in [-0.15, -0.1) is 0 Å². The van der Waals surface area contributed by atoms with Gasteiger partial charge >= 0.3 is 12.3 Å². The third-order valence-electron chi connectivity index (χ3n) is 2.93. The van der Waals surface area contributed by atoms with E-state index in [-0.39, 0.29) is 25.5 Å². The van der Waals surface area contributed by atoms with Crippen LogP contribution >= 0.6 is 0 Å². The SMILES string of the molecule is [B]c1c(C(F)(F)F)nc2n1CCN(C(=O)OC(C)(C)C)C2. The largest absolute Gasteiger partial charge is 0.444 e. The molecule has 1 aromatic heterocycles. The minimum Gasteiger partial charge on any atom is -0.444 e. The average Bonchev–Trinajstić information content (AvgIpc) is 2.64. The average molecular weight is 301 g/mol. The first kappa shape index (κ1) is 15.7. The molecule has 1 aromatic rings. The van der Waals surface area contributed by atoms with E-state index in [0.717, 1.165) is 0 Å². The fourth-order valence-corrected chi connectivity index (χ4v) is 2.05. The lowest BCUT2D eigenvalue weighted by molar-refractivity contribution is -0.140. The molecule has 21 heavy (non-hydrogen) atoms. The molecular formula is C12H15BF3N3O2. The smallest absolute Gasteiger partial charge is 0.434 e. The molecule has 1 amide bonds. The van der Waals surface area contributed by atoms with Gasteiger partial charge in [-0.1, -0.05) is 0 Å². The molecule has 9 heteroatoms. The number of hydrogen-bond acceptors (Lipinski definition) is 3. The van der Waals surface area contributed by atoms with E-state index >= 15 is 0 Å². The zero-order valence-corrected chi connectivity index (χ0v) is 12.0. The van der Waals surface area contributed by atoms with E-state index in [4.69, 9.17) is 12.6 Å². The number of aromatic nitrogens is 2. The topological polar surface area (TPSA) is 47.4 Å². The van der Waals surface area contributed by atoms with Crippen LogP contribution in [-0.4, -0.2) is 40.5 Å². The molecule has 1 aliphatic rings. The minimum absolute atomic E-state index is 0.0603. The van der Waals surface area contributed by atoms with Crippen molar-refractivity contribution in [2.75, 3.05) is 6.54 Å². The number of rotatable bonds is 0. The Kier molecular flexibility index (Phi) is 3.71. The molecule has 0 atom stereocenters. The van der Waals surface area contributed by atoms with E-state index < -0.39 is 29.2 Å². The van der Waals surface area contributed by atoms with E-state index in [1.165, 1.54) is 9.47 Å². The number of carbonyl (C=O) groups is 1. The summed E-state index contributed by atoms with van der Waals surface area (Å²) in [7, 11) is 5.48. The van der Waals surface area contributed by atoms with Crippen LogP contribution in [0.3, 0.4) is 0 Å². The van der Waals surface area contributed by atoms with Crippen LogP contribution < -0.4 is 5.59 Å². The standard InChI is InChI=1S/C12H15BF3N3O2/c1-11(2,3)21-10(20)18-4-5-19-7(6-18)17-8(9(19)13)12(14,15)16/h4-6H2,1-3H3. The molecule has 0 saturated carbocycles. The molecule has 2 rings (SSSR count). The fraction of sp³-hybridized carbons (Fsp3) is 0.667. The summed E-state index contributed by atoms with van der Waals surface area (Å²) in [6.45, 7) is 5.47. The highest BCUT2D eigenvalue weighted by Gasteiger charge is 2.38. The summed E-state index contributed by atoms with van der Waals surface area (Å²) in [4.78, 5) is 16.8. The van der Waals surface area contributed by atoms with Crippen LogP contribution in [0.5, 0.6) is 0 Å². The van der Waals surface area contributed by atoms with Gasteiger partial charge in [0.15, 0.2) is 5.69 Å². The summed E-state index contributed by atoms with van der Waals surface area (Å²) in [5.74, 6) is 0.108. The first-order valence-corrected chi connectivity index (χ1v) is 6.39. The van der Waals surface area contributed by atoms with Gasteiger partial charge in [-0.3, -0.25) is 4.90 Å². The Hall–Kier alpha value is -1.67. The normalized spacial score (nSPS) is 15.8. The number of alkyl halides is 3. The molecule has 0 fully saturated rings. The predicted molar refractivity (Wildman–Crippen MR) is 69.3 cm³/mol. The van der Waals surface area contributed by atoms with E-state index in [0.29, 0.717) is 0 Å². The number of halogens is 3. The molecule has 2 radical (unpaired) electrons. The van der Waals surface area contributed by atoms with Crippen molar-refractivity contribution in [3.8, 4) is 0 Å². The Bertz CT molecular complexity index is 563. The van der Waals surface area contributed by atoms with Gasteiger partial charge in [-0.25, -0.2) is 9.78 Å². The third kappa shape index (κ3) is 3.33. The Balaban J connectivity index is 2.20. The lowest BCUT2D eigenvalue weighted by Crippen LogP contribution is -2.43. The fourth-order valence-electron chi connectivity index (χ4n) is 2.05. The number of nitrogens with zero attached hydrogens (tertiary/aromatic N) is 3. The van der Waals surface area contributed by atoms with Gasteiger partial charge in [-0.05, 0) is 26.4 Å². The van der Waals surface area contributed by atoms with Crippen LogP contribution in [0.25, 0.3) is 0 Å². The van der Waals surface area contributed by atoms with Gasteiger partial charge in [0.25, 0.3) is 0 Å². The number of imidazole rings is 1. The molecule has 0 N–H and O–H groups in total. The molecule has 0 saturated heterocycles. The maximum absolute atomic E-state index is 12.8. The third-order valence-corrected chi connectivity index (χ3v) is 2.93. The highest BCUT2D eigenvalue weighted by Crippen LogP contribution is 2.28. The Morgan fingerprint density at radius 3 is 2.43 bits per heavy atom. The summed E-state index contributed by atoms with van der Waals surface area (Å²) >= 11 is 0. The van der Waals surface area contributed by atoms with E-state index in [2.05, 4.69) is 4.98 Å². The van der Waals surface area contributed by atoms with Crippen LogP contribution in [0.2, 0.25) is 0 Å². The van der Waals surface area contributed by atoms with Crippen molar-refractivity contribution < 1.29 is 22.7 Å². The molecule has 2 heterocycles. The second kappa shape index (κ2) is 4.96. The second-order valence-electron chi connectivity index (χ2n) is 5.81. The zero-order valence-electron chi connectivity index (χ0n) is 12.0. The highest BCUT2D eigenvalue weighted by atomic mass is 19.4. The van der Waals surface area contributed by atoms with Crippen molar-refractivity contribution in [1.82, 2.24) is 14.5 Å². The molecule has 0 unspecified atom stereocenters. The molecule has 0 aliphatic carbocycles. The van der Waals surface area contributed by atoms with Gasteiger partial charge < -0.3 is 9.30 Å². The molecular weight excluding hydrogens is 286 g/mol. The van der Waals surface area contributed by atoms with Crippen molar-refractivity contribution in [3.63, 3.8) is 0 Å². The summed E-state index contributed by atoms with van der Waals surface area (Å²) in [6, 6.07) is 0. The number of amides is 1. The van der Waals surface area contributed by atoms with Gasteiger partial charge in [-0.2, -0.15) is 13.2 Å². The minimum atomic E-state index is -4.61. The van der Waals surface area contributed by atoms with Crippen LogP contribution in [0.1, 0.15) is 32.3 Å². The van der Waals surface area contributed by atoms with Crippen LogP contribution in [0, 0.1) is 0 Å². The molecule has 0 bridgehead atoms. The number of carbonyl (C=O) groups excluding carboxylic acids is 1. The molecule has 5 nitrogen and oxygen atoms in total. The monoisotopic (exact) mass is 301 g/mol. The zero-order chi connectivity index (χ0) is 16.0. The van der Waals surface area contributed by atoms with Crippen molar-refractivity contribution >= 4 is 19.5 Å². The maximum atomic E-state index is 12.8. The number of ether oxygens (including phenoxy) is 1. The van der Waals surface area contributed by atoms with Crippen molar-refractivity contribution in [3.05, 3.63) is 11.5 Å². The molecule has 0 spiro atoms. The summed E-state index contributed by atoms with van der Waals surface area (Å²) in [6.07, 6.45) is -5.19. The van der Waals surface area contributed by atoms with Crippen molar-refractivity contribution in [2.45, 2.75) is 45.6 Å². The first-order valence-electron chi connectivity index (χ1n) is 6.39. The maximum Gasteiger partial charge on any atom is 0.434 e. The second-order valence-corrected chi connectivity index (χ2v) is 5.81. The van der Waals surface area contributed by atoms with E-state index in [1.807, 2.05) is 0 Å². The van der Waals surface area contributed by atoms with Crippen LogP contribution in [0.4, 0.5) is 18.0 Å². The van der Waals surface area contributed by atoms with Gasteiger partial charge in [0, 0.05) is 13.1 Å². The van der Waals surface area contributed by atoms with Gasteiger partial charge in [0.1, 0.15) is 19.3 Å². The first-order chi connectivity index (χ1) is 9.49. The Labute approximate surface area is 121 Å². The van der Waals surface area contributed by atoms with Gasteiger partial charge in [0.05, 0.1) is 6.54 Å². The summed E-state index contributed by atoms with van der Waals surface area (Å²) in [5, 5.41) is 0. The molecule has 0 aromatic carbocycles. The Morgan fingerprint density at radius 2 is 1.90 bits per heavy atom. The predicted octanol–water partition coefficient (Wildman–Crippen LogP) is 1.45. The van der Waals surface area contributed by atoms with E-state index in [9.17, 15) is 18.0 Å². The van der Waals surface area contributed by atoms with Crippen LogP contribution in [0.15, 0.2) is 0 Å². The van der Waals surface area contributed by atoms with E-state index in [1.54, 1.807) is 20.8 Å². The number of hydrogen-bond donors (Lipinski definition) is 0. The molecule has 114 valence electrons. The lowest BCUT2D eigenvalue weighted by atomic mass is 10.0. The highest BCUT2D eigenvalue weighted by molar-refractivity contribution is 6.32. The molecule has 1 aliphatic heterocycles. The summed E-state index contributed by atoms with van der Waals surface area (Å²) < 4.78 is 44.7. The quantitative estimate of drug-likeness (QED) is 0.681. The Morgan fingerprint density at radius 1 is 1.29 bits per heavy atom. The van der Waals surface area contributed by atoms with Crippen molar-refractivity contribution in [2.24, 2.45) is 0 Å². The number of fused-ring (bicyclic) bond motifs is 1. The summed E-state index contributed by atoms with van der Waals surface area (Å²) in [5.41, 5.74) is -2.19. The van der Waals surface area contributed by atoms with Gasteiger partial charge in [0.2, 0.25) is 0 Å². The van der Waals surface area contributed by atoms with Crippen LogP contribution in [-0.2, 0) is 24.0 Å². The lowest BCUT2D eigenvalue weighted by Gasteiger charge is -2.30.